The molecule has 1 N–H and O–H groups in total. The average molecular weight is 260 g/mol. The van der Waals surface area contributed by atoms with Gasteiger partial charge in [-0.05, 0) is 33.1 Å². The Labute approximate surface area is 110 Å². The minimum Gasteiger partial charge on any atom is -0.550 e. The highest BCUT2D eigenvalue weighted by Crippen LogP contribution is 2.17. The van der Waals surface area contributed by atoms with Gasteiger partial charge in [-0.3, -0.25) is 4.79 Å². The number of aliphatic carboxylic acids is 1. The molecule has 0 aromatic carbocycles. The van der Waals surface area contributed by atoms with E-state index in [1.165, 1.54) is 6.92 Å². The summed E-state index contributed by atoms with van der Waals surface area (Å²) in [6.45, 7) is 10.4. The number of hydrogen-bond donors (Lipinski definition) is 1. The Morgan fingerprint density at radius 2 is 1.39 bits per heavy atom. The van der Waals surface area contributed by atoms with E-state index in [4.69, 9.17) is 0 Å². The zero-order valence-electron chi connectivity index (χ0n) is 12.2. The second-order valence-corrected chi connectivity index (χ2v) is 3.94. The van der Waals surface area contributed by atoms with Gasteiger partial charge in [-0.2, -0.15) is 0 Å². The van der Waals surface area contributed by atoms with Crippen molar-refractivity contribution in [3.63, 3.8) is 0 Å². The van der Waals surface area contributed by atoms with Crippen molar-refractivity contribution in [1.29, 1.82) is 0 Å². The van der Waals surface area contributed by atoms with E-state index in [1.807, 2.05) is 27.7 Å². The number of aliphatic hydroxyl groups is 1. The van der Waals surface area contributed by atoms with Crippen molar-refractivity contribution in [1.82, 2.24) is 4.90 Å². The summed E-state index contributed by atoms with van der Waals surface area (Å²) < 4.78 is 0. The van der Waals surface area contributed by atoms with Crippen molar-refractivity contribution in [2.24, 2.45) is 0 Å². The number of amides is 1. The van der Waals surface area contributed by atoms with Crippen LogP contribution in [0.2, 0.25) is 0 Å². The number of carbonyl (C=O) groups excluding carboxylic acids is 2. The molecule has 0 aliphatic carbocycles. The lowest BCUT2D eigenvalue weighted by atomic mass is 9.95. The highest BCUT2D eigenvalue weighted by Gasteiger charge is 2.34. The summed E-state index contributed by atoms with van der Waals surface area (Å²) in [6.07, 6.45) is 1.08. The van der Waals surface area contributed by atoms with Crippen LogP contribution in [0.4, 0.5) is 0 Å². The molecule has 0 saturated carbocycles. The summed E-state index contributed by atoms with van der Waals surface area (Å²) in [4.78, 5) is 22.7. The fourth-order valence-corrected chi connectivity index (χ4v) is 1.36. The fraction of sp³-hybridized carbons (Fsp3) is 0.846. The van der Waals surface area contributed by atoms with E-state index in [-0.39, 0.29) is 12.3 Å². The Morgan fingerprint density at radius 3 is 1.56 bits per heavy atom. The standard InChI is InChI=1S/C10H21NO2.C3H6O2/c1-5-10(13,6-2)9(12)11(7-3)8-4;1-2-3(4)5/h13H,5-8H2,1-4H3;2H2,1H3,(H,4,5)/p-1. The van der Waals surface area contributed by atoms with Crippen LogP contribution in [0.3, 0.4) is 0 Å². The first-order valence-corrected chi connectivity index (χ1v) is 6.54. The van der Waals surface area contributed by atoms with Gasteiger partial charge in [0.1, 0.15) is 5.60 Å². The largest absolute Gasteiger partial charge is 0.550 e. The van der Waals surface area contributed by atoms with Crippen molar-refractivity contribution in [2.45, 2.75) is 59.5 Å². The molecule has 0 aromatic rings. The number of nitrogens with zero attached hydrogens (tertiary/aromatic N) is 1. The van der Waals surface area contributed by atoms with E-state index in [9.17, 15) is 19.8 Å². The van der Waals surface area contributed by atoms with E-state index in [2.05, 4.69) is 0 Å². The van der Waals surface area contributed by atoms with E-state index in [0.29, 0.717) is 25.9 Å². The van der Waals surface area contributed by atoms with Crippen LogP contribution >= 0.6 is 0 Å². The maximum atomic E-state index is 11.8. The third-order valence-electron chi connectivity index (χ3n) is 2.91. The van der Waals surface area contributed by atoms with Crippen LogP contribution in [0.1, 0.15) is 53.9 Å². The zero-order chi connectivity index (χ0) is 14.8. The summed E-state index contributed by atoms with van der Waals surface area (Å²) in [5.41, 5.74) is -1.15. The molecule has 0 saturated heterocycles. The van der Waals surface area contributed by atoms with Crippen molar-refractivity contribution < 1.29 is 19.8 Å². The molecule has 0 atom stereocenters. The number of carboxylic acid groups (broad SMARTS) is 1. The van der Waals surface area contributed by atoms with Crippen LogP contribution in [-0.4, -0.2) is 40.6 Å². The van der Waals surface area contributed by atoms with E-state index < -0.39 is 11.6 Å². The van der Waals surface area contributed by atoms with Gasteiger partial charge in [0.2, 0.25) is 0 Å². The molecule has 0 bridgehead atoms. The smallest absolute Gasteiger partial charge is 0.254 e. The Hall–Kier alpha value is -1.10. The topological polar surface area (TPSA) is 80.7 Å². The molecule has 0 rings (SSSR count). The van der Waals surface area contributed by atoms with E-state index in [0.717, 1.165) is 0 Å². The third kappa shape index (κ3) is 6.59. The molecule has 0 unspecified atom stereocenters. The highest BCUT2D eigenvalue weighted by atomic mass is 16.4. The van der Waals surface area contributed by atoms with Crippen LogP contribution < -0.4 is 5.11 Å². The predicted molar refractivity (Wildman–Crippen MR) is 68.8 cm³/mol. The van der Waals surface area contributed by atoms with Gasteiger partial charge >= 0.3 is 0 Å². The van der Waals surface area contributed by atoms with Crippen molar-refractivity contribution >= 4 is 11.9 Å². The second-order valence-electron chi connectivity index (χ2n) is 3.94. The molecule has 0 aromatic heterocycles. The van der Waals surface area contributed by atoms with Crippen molar-refractivity contribution in [3.05, 3.63) is 0 Å². The lowest BCUT2D eigenvalue weighted by Gasteiger charge is -2.30. The summed E-state index contributed by atoms with van der Waals surface area (Å²) in [6, 6.07) is 0. The first-order valence-electron chi connectivity index (χ1n) is 6.54. The van der Waals surface area contributed by atoms with Crippen LogP contribution in [-0.2, 0) is 9.59 Å². The normalized spacial score (nSPS) is 10.3. The minimum atomic E-state index is -1.15. The van der Waals surface area contributed by atoms with Gasteiger partial charge in [0.25, 0.3) is 5.91 Å². The quantitative estimate of drug-likeness (QED) is 0.756. The van der Waals surface area contributed by atoms with Crippen LogP contribution in [0, 0.1) is 0 Å². The van der Waals surface area contributed by atoms with Gasteiger partial charge in [-0.15, -0.1) is 0 Å². The molecule has 18 heavy (non-hydrogen) atoms. The van der Waals surface area contributed by atoms with Crippen LogP contribution in [0.5, 0.6) is 0 Å². The van der Waals surface area contributed by atoms with Gasteiger partial charge < -0.3 is 19.9 Å². The number of rotatable bonds is 6. The summed E-state index contributed by atoms with van der Waals surface area (Å²) in [7, 11) is 0. The fourth-order valence-electron chi connectivity index (χ4n) is 1.36. The molecule has 108 valence electrons. The summed E-state index contributed by atoms with van der Waals surface area (Å²) in [5.74, 6) is -1.13. The average Bonchev–Trinajstić information content (AvgIpc) is 2.39. The van der Waals surface area contributed by atoms with Crippen molar-refractivity contribution in [3.8, 4) is 0 Å². The molecule has 0 fully saturated rings. The number of hydrogen-bond acceptors (Lipinski definition) is 4. The molecule has 5 heteroatoms. The van der Waals surface area contributed by atoms with Gasteiger partial charge in [0.05, 0.1) is 0 Å². The zero-order valence-corrected chi connectivity index (χ0v) is 12.2. The lowest BCUT2D eigenvalue weighted by molar-refractivity contribution is -0.305. The second kappa shape index (κ2) is 9.88. The SMILES string of the molecule is CCC(=O)[O-].CCN(CC)C(=O)C(O)(CC)CC. The lowest BCUT2D eigenvalue weighted by Crippen LogP contribution is -2.48. The maximum absolute atomic E-state index is 11.8. The number of carbonyl (C=O) groups is 2. The first-order chi connectivity index (χ1) is 8.32. The van der Waals surface area contributed by atoms with Gasteiger partial charge in [0.15, 0.2) is 0 Å². The number of carboxylic acids is 1. The molecule has 0 radical (unpaired) electrons. The highest BCUT2D eigenvalue weighted by molar-refractivity contribution is 5.84. The number of likely N-dealkylation sites (N-methyl/N-ethyl adjacent to an activating group) is 1. The molecule has 0 aliphatic rings. The van der Waals surface area contributed by atoms with E-state index in [1.54, 1.807) is 4.90 Å². The van der Waals surface area contributed by atoms with Crippen LogP contribution in [0.15, 0.2) is 0 Å². The Morgan fingerprint density at radius 1 is 1.06 bits per heavy atom. The monoisotopic (exact) mass is 260 g/mol. The van der Waals surface area contributed by atoms with Crippen LogP contribution in [0.25, 0.3) is 0 Å². The molecule has 5 nitrogen and oxygen atoms in total. The molecule has 1 amide bonds. The first kappa shape index (κ1) is 19.2. The Bertz CT molecular complexity index is 245. The molecular weight excluding hydrogens is 234 g/mol. The minimum absolute atomic E-state index is 0.111. The van der Waals surface area contributed by atoms with Gasteiger partial charge in [-0.1, -0.05) is 20.8 Å². The summed E-state index contributed by atoms with van der Waals surface area (Å²) in [5, 5.41) is 19.2. The maximum Gasteiger partial charge on any atom is 0.254 e. The Kier molecular flexibility index (Phi) is 10.6. The molecule has 0 heterocycles. The summed E-state index contributed by atoms with van der Waals surface area (Å²) >= 11 is 0. The van der Waals surface area contributed by atoms with Crippen molar-refractivity contribution in [2.75, 3.05) is 13.1 Å². The molecule has 0 spiro atoms. The van der Waals surface area contributed by atoms with E-state index >= 15 is 0 Å². The molecular formula is C13H26NO4-. The predicted octanol–water partition coefficient (Wildman–Crippen LogP) is 0.552. The Balaban J connectivity index is 0. The third-order valence-corrected chi connectivity index (χ3v) is 2.91. The molecule has 0 aliphatic heterocycles. The van der Waals surface area contributed by atoms with Gasteiger partial charge in [-0.25, -0.2) is 0 Å². The van der Waals surface area contributed by atoms with Gasteiger partial charge in [0, 0.05) is 19.1 Å².